The Morgan fingerprint density at radius 1 is 1.50 bits per heavy atom. The summed E-state index contributed by atoms with van der Waals surface area (Å²) < 4.78 is 4.66. The number of ether oxygens (including phenoxy) is 1. The van der Waals surface area contributed by atoms with Crippen LogP contribution in [0.4, 0.5) is 5.69 Å². The molecule has 1 aliphatic heterocycles. The second-order valence-corrected chi connectivity index (χ2v) is 2.50. The maximum absolute atomic E-state index is 8.26. The van der Waals surface area contributed by atoms with Crippen LogP contribution in [0, 0.1) is 11.5 Å². The van der Waals surface area contributed by atoms with Gasteiger partial charge in [0, 0.05) is 18.7 Å². The van der Waals surface area contributed by atoms with Gasteiger partial charge in [0.15, 0.2) is 0 Å². The maximum Gasteiger partial charge on any atom is 0.292 e. The fraction of sp³-hybridized carbons (Fsp3) is 0.111. The van der Waals surface area contributed by atoms with Gasteiger partial charge in [-0.3, -0.25) is 4.99 Å². The van der Waals surface area contributed by atoms with Crippen LogP contribution in [-0.4, -0.2) is 6.21 Å². The van der Waals surface area contributed by atoms with E-state index in [4.69, 9.17) is 5.26 Å². The summed E-state index contributed by atoms with van der Waals surface area (Å²) in [5, 5.41) is 8.26. The molecule has 0 spiro atoms. The second-order valence-electron chi connectivity index (χ2n) is 2.50. The Kier molecular flexibility index (Phi) is 1.52. The normalized spacial score (nSPS) is 12.2. The van der Waals surface area contributed by atoms with Crippen molar-refractivity contribution >= 4 is 11.9 Å². The summed E-state index contributed by atoms with van der Waals surface area (Å²) in [6, 6.07) is 5.47. The van der Waals surface area contributed by atoms with Gasteiger partial charge in [0.05, 0.1) is 5.69 Å². The van der Waals surface area contributed by atoms with Gasteiger partial charge in [-0.05, 0) is 11.6 Å². The molecule has 0 aliphatic carbocycles. The quantitative estimate of drug-likeness (QED) is 0.585. The van der Waals surface area contributed by atoms with Crippen LogP contribution in [0.1, 0.15) is 5.56 Å². The zero-order valence-corrected chi connectivity index (χ0v) is 6.32. The molecule has 0 amide bonds. The molecule has 1 aliphatic rings. The molecule has 1 aromatic carbocycles. The molecule has 0 radical (unpaired) electrons. The third-order valence-corrected chi connectivity index (χ3v) is 1.76. The Bertz CT molecular complexity index is 377. The predicted molar refractivity (Wildman–Crippen MR) is 44.5 cm³/mol. The highest BCUT2D eigenvalue weighted by Gasteiger charge is 2.06. The Hall–Kier alpha value is -1.82. The number of rotatable bonds is 1. The van der Waals surface area contributed by atoms with Crippen molar-refractivity contribution in [3.63, 3.8) is 0 Å². The van der Waals surface area contributed by atoms with Crippen molar-refractivity contribution in [1.82, 2.24) is 0 Å². The smallest absolute Gasteiger partial charge is 0.292 e. The number of nitriles is 1. The van der Waals surface area contributed by atoms with Crippen LogP contribution in [0.15, 0.2) is 23.2 Å². The molecule has 1 aromatic rings. The molecular formula is C9H6N2O. The van der Waals surface area contributed by atoms with Gasteiger partial charge in [-0.25, -0.2) is 0 Å². The lowest BCUT2D eigenvalue weighted by Crippen LogP contribution is -1.82. The average Bonchev–Trinajstić information content (AvgIpc) is 2.51. The number of aliphatic imine (C=N–C) groups is 1. The van der Waals surface area contributed by atoms with E-state index in [1.54, 1.807) is 18.4 Å². The Morgan fingerprint density at radius 2 is 2.42 bits per heavy atom. The van der Waals surface area contributed by atoms with Crippen LogP contribution in [0.2, 0.25) is 0 Å². The molecule has 3 heteroatoms. The summed E-state index contributed by atoms with van der Waals surface area (Å²) in [7, 11) is 0. The molecule has 0 fully saturated rings. The van der Waals surface area contributed by atoms with E-state index in [-0.39, 0.29) is 0 Å². The molecule has 12 heavy (non-hydrogen) atoms. The van der Waals surface area contributed by atoms with Crippen LogP contribution in [-0.2, 0) is 6.42 Å². The highest BCUT2D eigenvalue weighted by Crippen LogP contribution is 2.28. The van der Waals surface area contributed by atoms with Gasteiger partial charge >= 0.3 is 0 Å². The Balaban J connectivity index is 2.39. The lowest BCUT2D eigenvalue weighted by Gasteiger charge is -1.98. The number of hydrogen-bond donors (Lipinski definition) is 0. The minimum absolute atomic E-state index is 0.551. The third kappa shape index (κ3) is 1.04. The van der Waals surface area contributed by atoms with Crippen molar-refractivity contribution in [2.75, 3.05) is 0 Å². The van der Waals surface area contributed by atoms with Crippen molar-refractivity contribution in [1.29, 1.82) is 5.26 Å². The molecule has 0 saturated heterocycles. The van der Waals surface area contributed by atoms with Crippen molar-refractivity contribution in [3.8, 4) is 12.0 Å². The second kappa shape index (κ2) is 2.67. The van der Waals surface area contributed by atoms with Crippen LogP contribution in [0.3, 0.4) is 0 Å². The summed E-state index contributed by atoms with van der Waals surface area (Å²) in [5.74, 6) is 0.551. The Morgan fingerprint density at radius 3 is 3.25 bits per heavy atom. The predicted octanol–water partition coefficient (Wildman–Crippen LogP) is 1.80. The van der Waals surface area contributed by atoms with E-state index in [2.05, 4.69) is 9.73 Å². The molecular weight excluding hydrogens is 152 g/mol. The van der Waals surface area contributed by atoms with Gasteiger partial charge in [0.25, 0.3) is 6.26 Å². The molecule has 3 nitrogen and oxygen atoms in total. The molecule has 0 aromatic heterocycles. The van der Waals surface area contributed by atoms with Crippen molar-refractivity contribution in [2.24, 2.45) is 4.99 Å². The molecule has 58 valence electrons. The Labute approximate surface area is 69.9 Å². The van der Waals surface area contributed by atoms with Crippen LogP contribution < -0.4 is 4.74 Å². The summed E-state index contributed by atoms with van der Waals surface area (Å²) in [5.41, 5.74) is 2.09. The molecule has 0 N–H and O–H groups in total. The number of nitrogens with zero attached hydrogens (tertiary/aromatic N) is 2. The van der Waals surface area contributed by atoms with Gasteiger partial charge in [-0.15, -0.1) is 5.26 Å². The van der Waals surface area contributed by atoms with E-state index in [1.165, 1.54) is 5.56 Å². The molecule has 0 saturated carbocycles. The third-order valence-electron chi connectivity index (χ3n) is 1.76. The van der Waals surface area contributed by atoms with E-state index < -0.39 is 0 Å². The molecule has 1 heterocycles. The molecule has 2 rings (SSSR count). The van der Waals surface area contributed by atoms with Gasteiger partial charge in [-0.1, -0.05) is 6.07 Å². The molecule has 0 bridgehead atoms. The number of fused-ring (bicyclic) bond motifs is 1. The van der Waals surface area contributed by atoms with E-state index in [1.807, 2.05) is 12.3 Å². The highest BCUT2D eigenvalue weighted by atomic mass is 16.5. The fourth-order valence-electron chi connectivity index (χ4n) is 1.19. The minimum atomic E-state index is 0.551. The monoisotopic (exact) mass is 158 g/mol. The standard InChI is InChI=1S/C9H6N2O/c10-6-12-8-2-1-7-3-4-11-9(7)5-8/h1-2,4-5H,3H2. The van der Waals surface area contributed by atoms with Crippen LogP contribution in [0.25, 0.3) is 0 Å². The van der Waals surface area contributed by atoms with E-state index in [0.717, 1.165) is 12.1 Å². The first-order valence-electron chi connectivity index (χ1n) is 3.61. The lowest BCUT2D eigenvalue weighted by molar-refractivity contribution is 0.507. The van der Waals surface area contributed by atoms with Gasteiger partial charge < -0.3 is 4.74 Å². The summed E-state index contributed by atoms with van der Waals surface area (Å²) >= 11 is 0. The molecule has 0 atom stereocenters. The summed E-state index contributed by atoms with van der Waals surface area (Å²) in [6.07, 6.45) is 4.35. The first-order valence-corrected chi connectivity index (χ1v) is 3.61. The number of benzene rings is 1. The average molecular weight is 158 g/mol. The van der Waals surface area contributed by atoms with Crippen molar-refractivity contribution < 1.29 is 4.74 Å². The summed E-state index contributed by atoms with van der Waals surface area (Å²) in [6.45, 7) is 0. The van der Waals surface area contributed by atoms with Crippen LogP contribution >= 0.6 is 0 Å². The first-order chi connectivity index (χ1) is 5.90. The van der Waals surface area contributed by atoms with Crippen LogP contribution in [0.5, 0.6) is 5.75 Å². The minimum Gasteiger partial charge on any atom is -0.388 e. The van der Waals surface area contributed by atoms with Gasteiger partial charge in [0.1, 0.15) is 5.75 Å². The van der Waals surface area contributed by atoms with Gasteiger partial charge in [-0.2, -0.15) is 0 Å². The molecule has 0 unspecified atom stereocenters. The van der Waals surface area contributed by atoms with E-state index in [0.29, 0.717) is 5.75 Å². The van der Waals surface area contributed by atoms with Crippen molar-refractivity contribution in [3.05, 3.63) is 23.8 Å². The van der Waals surface area contributed by atoms with E-state index >= 15 is 0 Å². The highest BCUT2D eigenvalue weighted by molar-refractivity contribution is 5.76. The lowest BCUT2D eigenvalue weighted by atomic mass is 10.1. The zero-order valence-electron chi connectivity index (χ0n) is 6.32. The number of hydrogen-bond acceptors (Lipinski definition) is 3. The topological polar surface area (TPSA) is 45.4 Å². The van der Waals surface area contributed by atoms with E-state index in [9.17, 15) is 0 Å². The SMILES string of the molecule is N#COc1ccc2c(c1)N=CC2. The summed E-state index contributed by atoms with van der Waals surface area (Å²) in [4.78, 5) is 4.13. The maximum atomic E-state index is 8.26. The fourth-order valence-corrected chi connectivity index (χ4v) is 1.19. The van der Waals surface area contributed by atoms with Gasteiger partial charge in [0.2, 0.25) is 0 Å². The largest absolute Gasteiger partial charge is 0.388 e. The van der Waals surface area contributed by atoms with Crippen molar-refractivity contribution in [2.45, 2.75) is 6.42 Å². The zero-order chi connectivity index (χ0) is 8.39. The first kappa shape index (κ1) is 6.86.